The first kappa shape index (κ1) is 17.9. The highest BCUT2D eigenvalue weighted by Gasteiger charge is 2.21. The zero-order valence-corrected chi connectivity index (χ0v) is 15.0. The number of fused-ring (bicyclic) bond motifs is 1. The Bertz CT molecular complexity index is 846. The van der Waals surface area contributed by atoms with Crippen molar-refractivity contribution in [3.8, 4) is 11.9 Å². The Hall–Kier alpha value is -2.87. The van der Waals surface area contributed by atoms with Crippen LogP contribution in [0.15, 0.2) is 36.4 Å². The average Bonchev–Trinajstić information content (AvgIpc) is 2.70. The summed E-state index contributed by atoms with van der Waals surface area (Å²) >= 11 is 0. The Morgan fingerprint density at radius 3 is 2.88 bits per heavy atom. The van der Waals surface area contributed by atoms with Gasteiger partial charge in [0.2, 0.25) is 11.8 Å². The molecule has 1 amide bonds. The second kappa shape index (κ2) is 8.48. The van der Waals surface area contributed by atoms with Crippen molar-refractivity contribution in [2.24, 2.45) is 5.92 Å². The van der Waals surface area contributed by atoms with E-state index >= 15 is 0 Å². The molecule has 5 nitrogen and oxygen atoms in total. The number of likely N-dealkylation sites (tertiary alicyclic amines) is 1. The van der Waals surface area contributed by atoms with Gasteiger partial charge in [0.1, 0.15) is 0 Å². The summed E-state index contributed by atoms with van der Waals surface area (Å²) in [6.45, 7) is 3.90. The van der Waals surface area contributed by atoms with E-state index in [9.17, 15) is 4.79 Å². The summed E-state index contributed by atoms with van der Waals surface area (Å²) < 4.78 is 5.78. The van der Waals surface area contributed by atoms with Crippen LogP contribution in [0.2, 0.25) is 0 Å². The van der Waals surface area contributed by atoms with E-state index < -0.39 is 0 Å². The summed E-state index contributed by atoms with van der Waals surface area (Å²) in [4.78, 5) is 18.8. The second-order valence-corrected chi connectivity index (χ2v) is 6.49. The van der Waals surface area contributed by atoms with E-state index in [4.69, 9.17) is 10.00 Å². The molecule has 1 aromatic carbocycles. The molecule has 134 valence electrons. The normalized spacial score (nSPS) is 15.3. The SMILES string of the molecule is CCCOc1nc2ccccc2cc1C=CC(=O)N1CCC(C#N)CC1. The van der Waals surface area contributed by atoms with Gasteiger partial charge in [-0.1, -0.05) is 25.1 Å². The summed E-state index contributed by atoms with van der Waals surface area (Å²) in [5, 5.41) is 9.98. The van der Waals surface area contributed by atoms with Crippen LogP contribution in [-0.2, 0) is 4.79 Å². The van der Waals surface area contributed by atoms with Gasteiger partial charge in [0.15, 0.2) is 0 Å². The van der Waals surface area contributed by atoms with Gasteiger partial charge in [-0.25, -0.2) is 4.98 Å². The maximum atomic E-state index is 12.5. The molecule has 5 heteroatoms. The summed E-state index contributed by atoms with van der Waals surface area (Å²) in [5.41, 5.74) is 1.68. The summed E-state index contributed by atoms with van der Waals surface area (Å²) in [7, 11) is 0. The molecule has 0 aliphatic carbocycles. The van der Waals surface area contributed by atoms with E-state index in [1.54, 1.807) is 17.1 Å². The van der Waals surface area contributed by atoms with Crippen LogP contribution >= 0.6 is 0 Å². The number of hydrogen-bond acceptors (Lipinski definition) is 4. The van der Waals surface area contributed by atoms with Crippen molar-refractivity contribution < 1.29 is 9.53 Å². The van der Waals surface area contributed by atoms with Crippen molar-refractivity contribution in [2.45, 2.75) is 26.2 Å². The van der Waals surface area contributed by atoms with Crippen molar-refractivity contribution in [3.05, 3.63) is 42.0 Å². The molecule has 2 heterocycles. The van der Waals surface area contributed by atoms with Gasteiger partial charge in [0, 0.05) is 36.0 Å². The lowest BCUT2D eigenvalue weighted by molar-refractivity contribution is -0.127. The predicted molar refractivity (Wildman–Crippen MR) is 101 cm³/mol. The smallest absolute Gasteiger partial charge is 0.246 e. The minimum absolute atomic E-state index is 0.0315. The van der Waals surface area contributed by atoms with Crippen molar-refractivity contribution in [1.82, 2.24) is 9.88 Å². The molecule has 0 saturated carbocycles. The van der Waals surface area contributed by atoms with Gasteiger partial charge in [-0.3, -0.25) is 4.79 Å². The molecule has 0 spiro atoms. The largest absolute Gasteiger partial charge is 0.477 e. The van der Waals surface area contributed by atoms with Crippen molar-refractivity contribution in [3.63, 3.8) is 0 Å². The zero-order valence-electron chi connectivity index (χ0n) is 15.0. The number of hydrogen-bond donors (Lipinski definition) is 0. The second-order valence-electron chi connectivity index (χ2n) is 6.49. The Balaban J connectivity index is 1.79. The fourth-order valence-corrected chi connectivity index (χ4v) is 3.04. The minimum Gasteiger partial charge on any atom is -0.477 e. The van der Waals surface area contributed by atoms with Crippen LogP contribution in [0, 0.1) is 17.2 Å². The number of piperidine rings is 1. The molecule has 0 unspecified atom stereocenters. The molecule has 0 atom stereocenters. The first-order valence-corrected chi connectivity index (χ1v) is 9.10. The van der Waals surface area contributed by atoms with Crippen molar-refractivity contribution in [2.75, 3.05) is 19.7 Å². The van der Waals surface area contributed by atoms with Gasteiger partial charge in [-0.2, -0.15) is 5.26 Å². The highest BCUT2D eigenvalue weighted by Crippen LogP contribution is 2.24. The number of ether oxygens (including phenoxy) is 1. The number of rotatable bonds is 5. The third-order valence-corrected chi connectivity index (χ3v) is 4.55. The quantitative estimate of drug-likeness (QED) is 0.770. The number of nitrogens with zero attached hydrogens (tertiary/aromatic N) is 3. The number of carbonyl (C=O) groups excluding carboxylic acids is 1. The zero-order chi connectivity index (χ0) is 18.4. The van der Waals surface area contributed by atoms with Crippen LogP contribution in [0.1, 0.15) is 31.7 Å². The van der Waals surface area contributed by atoms with Crippen LogP contribution in [0.3, 0.4) is 0 Å². The minimum atomic E-state index is -0.0315. The van der Waals surface area contributed by atoms with E-state index in [2.05, 4.69) is 11.1 Å². The first-order chi connectivity index (χ1) is 12.7. The van der Waals surface area contributed by atoms with Crippen molar-refractivity contribution in [1.29, 1.82) is 5.26 Å². The van der Waals surface area contributed by atoms with Gasteiger partial charge in [0.25, 0.3) is 0 Å². The number of benzene rings is 1. The molecule has 3 rings (SSSR count). The topological polar surface area (TPSA) is 66.2 Å². The molecule has 1 fully saturated rings. The third kappa shape index (κ3) is 4.20. The van der Waals surface area contributed by atoms with Gasteiger partial charge in [0.05, 0.1) is 18.2 Å². The van der Waals surface area contributed by atoms with Crippen LogP contribution in [0.25, 0.3) is 17.0 Å². The molecule has 2 aromatic rings. The fraction of sp³-hybridized carbons (Fsp3) is 0.381. The number of carbonyl (C=O) groups is 1. The molecular formula is C21H23N3O2. The maximum Gasteiger partial charge on any atom is 0.246 e. The van der Waals surface area contributed by atoms with Crippen LogP contribution < -0.4 is 4.74 Å². The fourth-order valence-electron chi connectivity index (χ4n) is 3.04. The Morgan fingerprint density at radius 2 is 2.15 bits per heavy atom. The molecule has 0 radical (unpaired) electrons. The average molecular weight is 349 g/mol. The molecule has 1 aliphatic rings. The molecule has 0 bridgehead atoms. The number of pyridine rings is 1. The molecule has 0 N–H and O–H groups in total. The lowest BCUT2D eigenvalue weighted by atomic mass is 9.98. The van der Waals surface area contributed by atoms with E-state index in [0.717, 1.165) is 35.7 Å². The number of para-hydroxylation sites is 1. The molecule has 1 aliphatic heterocycles. The molecule has 26 heavy (non-hydrogen) atoms. The Kier molecular flexibility index (Phi) is 5.85. The van der Waals surface area contributed by atoms with E-state index in [0.29, 0.717) is 25.6 Å². The van der Waals surface area contributed by atoms with Crippen LogP contribution in [0.4, 0.5) is 0 Å². The van der Waals surface area contributed by atoms with Gasteiger partial charge >= 0.3 is 0 Å². The monoisotopic (exact) mass is 349 g/mol. The number of aromatic nitrogens is 1. The summed E-state index contributed by atoms with van der Waals surface area (Å²) in [5.74, 6) is 0.593. The highest BCUT2D eigenvalue weighted by atomic mass is 16.5. The third-order valence-electron chi connectivity index (χ3n) is 4.55. The summed E-state index contributed by atoms with van der Waals surface area (Å²) in [6, 6.07) is 12.1. The van der Waals surface area contributed by atoms with Crippen LogP contribution in [0.5, 0.6) is 5.88 Å². The lowest BCUT2D eigenvalue weighted by Crippen LogP contribution is -2.37. The van der Waals surface area contributed by atoms with Crippen molar-refractivity contribution >= 4 is 22.9 Å². The van der Waals surface area contributed by atoms with Gasteiger partial charge < -0.3 is 9.64 Å². The molecular weight excluding hydrogens is 326 g/mol. The predicted octanol–water partition coefficient (Wildman–Crippen LogP) is 3.80. The van der Waals surface area contributed by atoms with Gasteiger partial charge in [-0.15, -0.1) is 0 Å². The molecule has 1 saturated heterocycles. The summed E-state index contributed by atoms with van der Waals surface area (Å²) in [6.07, 6.45) is 5.75. The Labute approximate surface area is 153 Å². The first-order valence-electron chi connectivity index (χ1n) is 9.10. The maximum absolute atomic E-state index is 12.5. The Morgan fingerprint density at radius 1 is 1.38 bits per heavy atom. The van der Waals surface area contributed by atoms with E-state index in [-0.39, 0.29) is 11.8 Å². The van der Waals surface area contributed by atoms with E-state index in [1.807, 2.05) is 37.3 Å². The lowest BCUT2D eigenvalue weighted by Gasteiger charge is -2.28. The standard InChI is InChI=1S/C21H23N3O2/c1-2-13-26-21-18(14-17-5-3-4-6-19(17)23-21)7-8-20(25)24-11-9-16(15-22)10-12-24/h3-8,14,16H,2,9-13H2,1H3. The van der Waals surface area contributed by atoms with E-state index in [1.165, 1.54) is 0 Å². The highest BCUT2D eigenvalue weighted by molar-refractivity contribution is 5.93. The van der Waals surface area contributed by atoms with Crippen LogP contribution in [-0.4, -0.2) is 35.5 Å². The number of amides is 1. The molecule has 1 aromatic heterocycles. The number of nitriles is 1. The van der Waals surface area contributed by atoms with Gasteiger partial charge in [-0.05, 0) is 37.5 Å².